The van der Waals surface area contributed by atoms with Gasteiger partial charge in [0.25, 0.3) is 5.91 Å². The third-order valence-electron chi connectivity index (χ3n) is 5.14. The molecule has 1 fully saturated rings. The second kappa shape index (κ2) is 10.2. The topological polar surface area (TPSA) is 66.5 Å². The number of nitrogens with zero attached hydrogens (tertiary/aromatic N) is 1. The lowest BCUT2D eigenvalue weighted by Crippen LogP contribution is -2.36. The van der Waals surface area contributed by atoms with Gasteiger partial charge in [0.05, 0.1) is 5.75 Å². The molecule has 2 aromatic rings. The van der Waals surface area contributed by atoms with E-state index in [2.05, 4.69) is 5.32 Å². The van der Waals surface area contributed by atoms with E-state index >= 15 is 0 Å². The van der Waals surface area contributed by atoms with E-state index in [4.69, 9.17) is 11.6 Å². The van der Waals surface area contributed by atoms with Crippen LogP contribution in [0, 0.1) is 0 Å². The lowest BCUT2D eigenvalue weighted by molar-refractivity contribution is 0.0953. The van der Waals surface area contributed by atoms with Crippen LogP contribution in [0.4, 0.5) is 0 Å². The molecular weight excluding hydrogens is 408 g/mol. The fraction of sp³-hybridized carbons (Fsp3) is 0.409. The highest BCUT2D eigenvalue weighted by atomic mass is 35.5. The summed E-state index contributed by atoms with van der Waals surface area (Å²) in [5.74, 6) is -0.179. The quantitative estimate of drug-likeness (QED) is 0.638. The number of hydrogen-bond acceptors (Lipinski definition) is 3. The lowest BCUT2D eigenvalue weighted by atomic mass is 10.1. The Morgan fingerprint density at radius 2 is 1.69 bits per heavy atom. The zero-order valence-corrected chi connectivity index (χ0v) is 18.0. The van der Waals surface area contributed by atoms with Gasteiger partial charge in [-0.2, -0.15) is 0 Å². The first-order chi connectivity index (χ1) is 14.0. The summed E-state index contributed by atoms with van der Waals surface area (Å²) in [7, 11) is -3.29. The fourth-order valence-electron chi connectivity index (χ4n) is 3.48. The van der Waals surface area contributed by atoms with Gasteiger partial charge in [0.2, 0.25) is 10.0 Å². The molecule has 0 unspecified atom stereocenters. The summed E-state index contributed by atoms with van der Waals surface area (Å²) in [6.45, 7) is 1.77. The highest BCUT2D eigenvalue weighted by Gasteiger charge is 2.24. The third kappa shape index (κ3) is 6.29. The number of aryl methyl sites for hydroxylation is 1. The molecule has 3 rings (SSSR count). The SMILES string of the molecule is O=C(NCCCc1ccccc1Cl)c1ccc(CS(=O)(=O)N2CCCCC2)cc1. The normalized spacial score (nSPS) is 15.2. The van der Waals surface area contributed by atoms with Crippen LogP contribution in [0.5, 0.6) is 0 Å². The van der Waals surface area contributed by atoms with E-state index in [1.165, 1.54) is 0 Å². The van der Waals surface area contributed by atoms with Crippen molar-refractivity contribution in [3.8, 4) is 0 Å². The zero-order chi connectivity index (χ0) is 20.7. The number of piperidine rings is 1. The molecule has 0 radical (unpaired) electrons. The van der Waals surface area contributed by atoms with Crippen LogP contribution in [0.2, 0.25) is 5.02 Å². The molecule has 0 saturated carbocycles. The molecule has 5 nitrogen and oxygen atoms in total. The van der Waals surface area contributed by atoms with Crippen LogP contribution in [-0.4, -0.2) is 38.3 Å². The third-order valence-corrected chi connectivity index (χ3v) is 7.36. The maximum atomic E-state index is 12.5. The molecule has 1 amide bonds. The van der Waals surface area contributed by atoms with Gasteiger partial charge >= 0.3 is 0 Å². The number of carbonyl (C=O) groups is 1. The summed E-state index contributed by atoms with van der Waals surface area (Å²) < 4.78 is 26.6. The van der Waals surface area contributed by atoms with Crippen LogP contribution in [0.1, 0.15) is 47.2 Å². The van der Waals surface area contributed by atoms with Crippen molar-refractivity contribution in [1.82, 2.24) is 9.62 Å². The maximum absolute atomic E-state index is 12.5. The Labute approximate surface area is 178 Å². The van der Waals surface area contributed by atoms with Crippen molar-refractivity contribution in [2.24, 2.45) is 0 Å². The van der Waals surface area contributed by atoms with Gasteiger partial charge in [-0.1, -0.05) is 48.4 Å². The average molecular weight is 435 g/mol. The number of hydrogen-bond donors (Lipinski definition) is 1. The van der Waals surface area contributed by atoms with E-state index < -0.39 is 10.0 Å². The summed E-state index contributed by atoms with van der Waals surface area (Å²) in [5.41, 5.74) is 2.30. The Morgan fingerprint density at radius 3 is 2.38 bits per heavy atom. The second-order valence-electron chi connectivity index (χ2n) is 7.36. The molecule has 1 aliphatic heterocycles. The van der Waals surface area contributed by atoms with E-state index in [1.54, 1.807) is 28.6 Å². The van der Waals surface area contributed by atoms with E-state index in [0.29, 0.717) is 30.8 Å². The molecule has 1 N–H and O–H groups in total. The Balaban J connectivity index is 1.47. The minimum absolute atomic E-state index is 0.0211. The van der Waals surface area contributed by atoms with Crippen molar-refractivity contribution in [3.05, 3.63) is 70.2 Å². The monoisotopic (exact) mass is 434 g/mol. The van der Waals surface area contributed by atoms with E-state index in [0.717, 1.165) is 42.7 Å². The Kier molecular flexibility index (Phi) is 7.70. The van der Waals surface area contributed by atoms with Crippen LogP contribution >= 0.6 is 11.6 Å². The Bertz CT molecular complexity index is 923. The highest BCUT2D eigenvalue weighted by molar-refractivity contribution is 7.88. The van der Waals surface area contributed by atoms with Crippen molar-refractivity contribution >= 4 is 27.5 Å². The molecule has 7 heteroatoms. The minimum atomic E-state index is -3.29. The van der Waals surface area contributed by atoms with E-state index in [1.807, 2.05) is 24.3 Å². The number of nitrogens with one attached hydrogen (secondary N) is 1. The lowest BCUT2D eigenvalue weighted by Gasteiger charge is -2.25. The molecule has 0 aromatic heterocycles. The van der Waals surface area contributed by atoms with Gasteiger partial charge < -0.3 is 5.32 Å². The number of sulfonamides is 1. The largest absolute Gasteiger partial charge is 0.352 e. The van der Waals surface area contributed by atoms with Gasteiger partial charge in [-0.3, -0.25) is 4.79 Å². The van der Waals surface area contributed by atoms with Gasteiger partial charge in [-0.25, -0.2) is 12.7 Å². The van der Waals surface area contributed by atoms with Gasteiger partial charge in [-0.15, -0.1) is 0 Å². The predicted octanol–water partition coefficient (Wildman–Crippen LogP) is 4.02. The van der Waals surface area contributed by atoms with E-state index in [-0.39, 0.29) is 11.7 Å². The molecule has 0 atom stereocenters. The fourth-order valence-corrected chi connectivity index (χ4v) is 5.32. The van der Waals surface area contributed by atoms with Crippen molar-refractivity contribution in [2.75, 3.05) is 19.6 Å². The van der Waals surface area contributed by atoms with Gasteiger partial charge in [0, 0.05) is 30.2 Å². The van der Waals surface area contributed by atoms with Gasteiger partial charge in [0.15, 0.2) is 0 Å². The number of carbonyl (C=O) groups excluding carboxylic acids is 1. The smallest absolute Gasteiger partial charge is 0.251 e. The van der Waals surface area contributed by atoms with Crippen molar-refractivity contribution in [3.63, 3.8) is 0 Å². The highest BCUT2D eigenvalue weighted by Crippen LogP contribution is 2.18. The first kappa shape index (κ1) is 21.8. The molecule has 1 saturated heterocycles. The average Bonchev–Trinajstić information content (AvgIpc) is 2.73. The van der Waals surface area contributed by atoms with Crippen molar-refractivity contribution < 1.29 is 13.2 Å². The number of amides is 1. The molecule has 0 aliphatic carbocycles. The first-order valence-electron chi connectivity index (χ1n) is 10.0. The molecular formula is C22H27ClN2O3S. The number of rotatable bonds is 8. The van der Waals surface area contributed by atoms with Crippen LogP contribution in [-0.2, 0) is 22.2 Å². The van der Waals surface area contributed by atoms with Gasteiger partial charge in [-0.05, 0) is 55.0 Å². The molecule has 1 aliphatic rings. The number of halogens is 1. The van der Waals surface area contributed by atoms with Crippen LogP contribution < -0.4 is 5.32 Å². The molecule has 0 bridgehead atoms. The summed E-state index contributed by atoms with van der Waals surface area (Å²) in [4.78, 5) is 12.3. The van der Waals surface area contributed by atoms with Crippen LogP contribution in [0.15, 0.2) is 48.5 Å². The summed E-state index contributed by atoms with van der Waals surface area (Å²) in [6, 6.07) is 14.5. The van der Waals surface area contributed by atoms with Crippen LogP contribution in [0.25, 0.3) is 0 Å². The minimum Gasteiger partial charge on any atom is -0.352 e. The van der Waals surface area contributed by atoms with E-state index in [9.17, 15) is 13.2 Å². The summed E-state index contributed by atoms with van der Waals surface area (Å²) in [5, 5.41) is 3.64. The molecule has 2 aromatic carbocycles. The molecule has 29 heavy (non-hydrogen) atoms. The molecule has 0 spiro atoms. The molecule has 1 heterocycles. The second-order valence-corrected chi connectivity index (χ2v) is 9.74. The molecule has 156 valence electrons. The first-order valence-corrected chi connectivity index (χ1v) is 12.0. The van der Waals surface area contributed by atoms with Crippen molar-refractivity contribution in [2.45, 2.75) is 37.9 Å². The standard InChI is InChI=1S/C22H27ClN2O3S/c23-21-9-3-2-7-19(21)8-6-14-24-22(26)20-12-10-18(11-13-20)17-29(27,28)25-15-4-1-5-16-25/h2-3,7,9-13H,1,4-6,8,14-17H2,(H,24,26). The zero-order valence-electron chi connectivity index (χ0n) is 16.4. The summed E-state index contributed by atoms with van der Waals surface area (Å²) in [6.07, 6.45) is 4.53. The Hall–Kier alpha value is -1.89. The Morgan fingerprint density at radius 1 is 1.00 bits per heavy atom. The van der Waals surface area contributed by atoms with Crippen LogP contribution in [0.3, 0.4) is 0 Å². The number of benzene rings is 2. The maximum Gasteiger partial charge on any atom is 0.251 e. The van der Waals surface area contributed by atoms with Gasteiger partial charge in [0.1, 0.15) is 0 Å². The summed E-state index contributed by atoms with van der Waals surface area (Å²) >= 11 is 6.14. The predicted molar refractivity (Wildman–Crippen MR) is 117 cm³/mol. The van der Waals surface area contributed by atoms with Crippen molar-refractivity contribution in [1.29, 1.82) is 0 Å².